The summed E-state index contributed by atoms with van der Waals surface area (Å²) in [5.41, 5.74) is 7.42. The second kappa shape index (κ2) is 10.4. The molecule has 0 saturated heterocycles. The number of ether oxygens (including phenoxy) is 2. The van der Waals surface area contributed by atoms with Crippen LogP contribution < -0.4 is 26.4 Å². The molecule has 4 aromatic rings. The molecule has 0 radical (unpaired) electrons. The van der Waals surface area contributed by atoms with E-state index in [-0.39, 0.29) is 65.2 Å². The third-order valence-corrected chi connectivity index (χ3v) is 5.89. The van der Waals surface area contributed by atoms with Crippen molar-refractivity contribution in [3.8, 4) is 17.0 Å². The van der Waals surface area contributed by atoms with Crippen LogP contribution in [0, 0.1) is 11.6 Å². The predicted molar refractivity (Wildman–Crippen MR) is 137 cm³/mol. The van der Waals surface area contributed by atoms with E-state index in [4.69, 9.17) is 15.2 Å². The van der Waals surface area contributed by atoms with Crippen molar-refractivity contribution < 1.29 is 27.8 Å². The van der Waals surface area contributed by atoms with Gasteiger partial charge in [-0.1, -0.05) is 0 Å². The second-order valence-electron chi connectivity index (χ2n) is 8.66. The number of fused-ring (bicyclic) bond motifs is 2. The Kier molecular flexibility index (Phi) is 6.83. The lowest BCUT2D eigenvalue weighted by Gasteiger charge is -2.18. The first-order chi connectivity index (χ1) is 18.7. The summed E-state index contributed by atoms with van der Waals surface area (Å²) in [5.74, 6) is -1.54. The van der Waals surface area contributed by atoms with Crippen molar-refractivity contribution in [1.82, 2.24) is 24.9 Å². The summed E-state index contributed by atoms with van der Waals surface area (Å²) in [5, 5.41) is 12.4. The van der Waals surface area contributed by atoms with E-state index in [0.29, 0.717) is 5.56 Å². The lowest BCUT2D eigenvalue weighted by atomic mass is 10.0. The number of benzene rings is 1. The Bertz CT molecular complexity index is 1590. The standard InChI is InChI=1S/C25H24F2N8O4/c1-3-38-25(37)33-15-4-5-16(18(27)7-15)19-20(28)35-22-17(11-32-35)23(36)30-8-12(2)39-24-13(6-14(26)10-31-24)9-29-21(19)34-22/h4-7,10-12H,3,8-9,28H2,1-2H3,(H,29,34)(H,30,36)(H,33,37)/t12-/m0/s1. The highest BCUT2D eigenvalue weighted by molar-refractivity contribution is 6.01. The van der Waals surface area contributed by atoms with E-state index in [0.717, 1.165) is 12.3 Å². The Morgan fingerprint density at radius 1 is 1.26 bits per heavy atom. The van der Waals surface area contributed by atoms with E-state index in [1.165, 1.54) is 28.9 Å². The Morgan fingerprint density at radius 2 is 2.08 bits per heavy atom. The minimum absolute atomic E-state index is 0.0105. The fraction of sp³-hybridized carbons (Fsp3) is 0.240. The van der Waals surface area contributed by atoms with Crippen molar-refractivity contribution in [2.45, 2.75) is 26.5 Å². The van der Waals surface area contributed by atoms with E-state index in [2.05, 4.69) is 31.0 Å². The third kappa shape index (κ3) is 5.08. The van der Waals surface area contributed by atoms with Crippen molar-refractivity contribution in [3.63, 3.8) is 0 Å². The van der Waals surface area contributed by atoms with Gasteiger partial charge in [0.1, 0.15) is 34.9 Å². The van der Waals surface area contributed by atoms with E-state index >= 15 is 4.39 Å². The molecule has 5 rings (SSSR count). The number of carbonyl (C=O) groups excluding carboxylic acids is 2. The molecule has 0 aliphatic carbocycles. The molecule has 3 aromatic heterocycles. The van der Waals surface area contributed by atoms with Crippen LogP contribution in [0.4, 0.5) is 30.9 Å². The summed E-state index contributed by atoms with van der Waals surface area (Å²) in [6, 6.07) is 5.24. The monoisotopic (exact) mass is 538 g/mol. The molecule has 4 heterocycles. The average Bonchev–Trinajstić information content (AvgIpc) is 3.32. The van der Waals surface area contributed by atoms with Crippen LogP contribution in [0.15, 0.2) is 36.7 Å². The summed E-state index contributed by atoms with van der Waals surface area (Å²) in [6.45, 7) is 3.64. The lowest BCUT2D eigenvalue weighted by Crippen LogP contribution is -2.33. The molecule has 12 nitrogen and oxygen atoms in total. The van der Waals surface area contributed by atoms with Crippen LogP contribution in [0.1, 0.15) is 29.8 Å². The first-order valence-corrected chi connectivity index (χ1v) is 12.0. The van der Waals surface area contributed by atoms with Gasteiger partial charge in [0.15, 0.2) is 5.65 Å². The van der Waals surface area contributed by atoms with Crippen molar-refractivity contribution in [2.24, 2.45) is 0 Å². The van der Waals surface area contributed by atoms with E-state index < -0.39 is 29.7 Å². The van der Waals surface area contributed by atoms with Gasteiger partial charge in [-0.2, -0.15) is 9.61 Å². The van der Waals surface area contributed by atoms with E-state index in [9.17, 15) is 14.0 Å². The zero-order valence-electron chi connectivity index (χ0n) is 20.9. The smallest absolute Gasteiger partial charge is 0.411 e. The maximum absolute atomic E-state index is 15.4. The molecule has 0 saturated carbocycles. The van der Waals surface area contributed by atoms with Crippen LogP contribution in [0.25, 0.3) is 16.8 Å². The average molecular weight is 539 g/mol. The molecule has 1 aromatic carbocycles. The van der Waals surface area contributed by atoms with Crippen LogP contribution in [0.3, 0.4) is 0 Å². The summed E-state index contributed by atoms with van der Waals surface area (Å²) in [6.07, 6.45) is 1.10. The number of rotatable bonds is 3. The quantitative estimate of drug-likeness (QED) is 0.307. The summed E-state index contributed by atoms with van der Waals surface area (Å²) < 4.78 is 41.4. The van der Waals surface area contributed by atoms with E-state index in [1.807, 2.05) is 0 Å². The molecule has 0 spiro atoms. The van der Waals surface area contributed by atoms with Crippen molar-refractivity contribution in [1.29, 1.82) is 0 Å². The van der Waals surface area contributed by atoms with Gasteiger partial charge >= 0.3 is 6.09 Å². The number of nitrogens with zero attached hydrogens (tertiary/aromatic N) is 4. The second-order valence-corrected chi connectivity index (χ2v) is 8.66. The summed E-state index contributed by atoms with van der Waals surface area (Å²) >= 11 is 0. The molecule has 1 aliphatic rings. The normalized spacial score (nSPS) is 15.2. The Balaban J connectivity index is 1.64. The largest absolute Gasteiger partial charge is 0.473 e. The number of anilines is 3. The van der Waals surface area contributed by atoms with Gasteiger partial charge < -0.3 is 25.8 Å². The molecule has 1 aliphatic heterocycles. The first-order valence-electron chi connectivity index (χ1n) is 12.0. The van der Waals surface area contributed by atoms with Gasteiger partial charge in [-0.05, 0) is 38.1 Å². The maximum atomic E-state index is 15.4. The highest BCUT2D eigenvalue weighted by Gasteiger charge is 2.25. The van der Waals surface area contributed by atoms with Crippen LogP contribution in [-0.2, 0) is 11.3 Å². The van der Waals surface area contributed by atoms with Crippen LogP contribution in [0.2, 0.25) is 0 Å². The Labute approximate surface area is 220 Å². The lowest BCUT2D eigenvalue weighted by molar-refractivity contribution is 0.0932. The van der Waals surface area contributed by atoms with Gasteiger partial charge in [-0.25, -0.2) is 23.5 Å². The number of hydrogen-bond acceptors (Lipinski definition) is 9. The Morgan fingerprint density at radius 3 is 2.85 bits per heavy atom. The molecule has 14 heteroatoms. The van der Waals surface area contributed by atoms with Crippen molar-refractivity contribution in [2.75, 3.05) is 29.5 Å². The highest BCUT2D eigenvalue weighted by Crippen LogP contribution is 2.37. The summed E-state index contributed by atoms with van der Waals surface area (Å²) in [7, 11) is 0. The number of amides is 2. The van der Waals surface area contributed by atoms with Crippen LogP contribution in [0.5, 0.6) is 5.88 Å². The number of pyridine rings is 1. The van der Waals surface area contributed by atoms with Gasteiger partial charge in [0.05, 0.1) is 31.1 Å². The zero-order valence-corrected chi connectivity index (χ0v) is 20.9. The number of nitrogens with two attached hydrogens (primary N) is 1. The van der Waals surface area contributed by atoms with E-state index in [1.54, 1.807) is 13.8 Å². The fourth-order valence-corrected chi connectivity index (χ4v) is 4.09. The highest BCUT2D eigenvalue weighted by atomic mass is 19.1. The first kappa shape index (κ1) is 25.6. The molecule has 0 fully saturated rings. The number of hydrogen-bond donors (Lipinski definition) is 4. The molecule has 39 heavy (non-hydrogen) atoms. The molecule has 0 unspecified atom stereocenters. The Hall–Kier alpha value is -5.01. The molecular weight excluding hydrogens is 514 g/mol. The van der Waals surface area contributed by atoms with Gasteiger partial charge in [0.2, 0.25) is 5.88 Å². The van der Waals surface area contributed by atoms with Gasteiger partial charge in [0, 0.05) is 23.4 Å². The molecular formula is C25H24F2N8O4. The molecule has 5 N–H and O–H groups in total. The summed E-state index contributed by atoms with van der Waals surface area (Å²) in [4.78, 5) is 33.3. The van der Waals surface area contributed by atoms with Crippen LogP contribution in [-0.4, -0.2) is 50.8 Å². The number of nitrogen functional groups attached to an aromatic ring is 1. The van der Waals surface area contributed by atoms with Gasteiger partial charge in [-0.15, -0.1) is 0 Å². The number of halogens is 2. The van der Waals surface area contributed by atoms with Crippen LogP contribution >= 0.6 is 0 Å². The molecule has 202 valence electrons. The number of aromatic nitrogens is 4. The SMILES string of the molecule is CCOC(=O)Nc1ccc(-c2c3nc4c(cnn4c2N)C(=O)NC[C@H](C)Oc2ncc(F)cc2CN3)c(F)c1. The van der Waals surface area contributed by atoms with Crippen molar-refractivity contribution >= 4 is 35.0 Å². The maximum Gasteiger partial charge on any atom is 0.411 e. The predicted octanol–water partition coefficient (Wildman–Crippen LogP) is 3.34. The topological polar surface area (TPSA) is 158 Å². The molecule has 1 atom stereocenters. The minimum Gasteiger partial charge on any atom is -0.473 e. The van der Waals surface area contributed by atoms with Crippen molar-refractivity contribution in [3.05, 3.63) is 59.4 Å². The number of carbonyl (C=O) groups is 2. The van der Waals surface area contributed by atoms with Gasteiger partial charge in [-0.3, -0.25) is 10.1 Å². The third-order valence-electron chi connectivity index (χ3n) is 5.89. The molecule has 2 bridgehead atoms. The number of nitrogens with one attached hydrogen (secondary N) is 3. The van der Waals surface area contributed by atoms with Gasteiger partial charge in [0.25, 0.3) is 5.91 Å². The fourth-order valence-electron chi connectivity index (χ4n) is 4.09. The molecule has 2 amide bonds. The minimum atomic E-state index is -0.731. The zero-order chi connectivity index (χ0) is 27.7.